The van der Waals surface area contributed by atoms with E-state index in [0.29, 0.717) is 12.5 Å². The minimum Gasteiger partial charge on any atom is -0.392 e. The van der Waals surface area contributed by atoms with Gasteiger partial charge in [-0.15, -0.1) is 0 Å². The van der Waals surface area contributed by atoms with Gasteiger partial charge in [-0.3, -0.25) is 9.69 Å². The molecule has 1 aliphatic carbocycles. The molecule has 1 amide bonds. The molecule has 3 aromatic carbocycles. The molecule has 0 spiro atoms. The highest BCUT2D eigenvalue weighted by Gasteiger charge is 2.50. The molecule has 1 saturated heterocycles. The maximum atomic E-state index is 13.8. The Morgan fingerprint density at radius 3 is 2.56 bits per heavy atom. The molecule has 1 fully saturated rings. The first-order valence-electron chi connectivity index (χ1n) is 12.6. The van der Waals surface area contributed by atoms with Crippen LogP contribution in [-0.4, -0.2) is 47.7 Å². The first kappa shape index (κ1) is 21.8. The molecule has 6 rings (SSSR count). The molecule has 0 bridgehead atoms. The Morgan fingerprint density at radius 1 is 1.06 bits per heavy atom. The molecule has 3 atom stereocenters. The average molecular weight is 456 g/mol. The normalized spacial score (nSPS) is 25.8. The van der Waals surface area contributed by atoms with Gasteiger partial charge in [0.1, 0.15) is 0 Å². The van der Waals surface area contributed by atoms with E-state index in [0.717, 1.165) is 43.6 Å². The van der Waals surface area contributed by atoms with Crippen molar-refractivity contribution >= 4 is 22.4 Å². The van der Waals surface area contributed by atoms with Gasteiger partial charge in [0.05, 0.1) is 11.5 Å². The van der Waals surface area contributed by atoms with Gasteiger partial charge in [0, 0.05) is 37.4 Å². The predicted octanol–water partition coefficient (Wildman–Crippen LogP) is 3.92. The van der Waals surface area contributed by atoms with E-state index < -0.39 is 11.5 Å². The van der Waals surface area contributed by atoms with Gasteiger partial charge >= 0.3 is 0 Å². The number of fused-ring (bicyclic) bond motifs is 1. The fourth-order valence-electron chi connectivity index (χ4n) is 6.75. The summed E-state index contributed by atoms with van der Waals surface area (Å²) in [6, 6.07) is 22.1. The van der Waals surface area contributed by atoms with Crippen molar-refractivity contribution in [2.75, 3.05) is 24.5 Å². The van der Waals surface area contributed by atoms with Crippen LogP contribution >= 0.6 is 0 Å². The smallest absolute Gasteiger partial charge is 0.237 e. The third kappa shape index (κ3) is 3.22. The third-order valence-electron chi connectivity index (χ3n) is 8.47. The van der Waals surface area contributed by atoms with Crippen molar-refractivity contribution in [3.8, 4) is 0 Å². The van der Waals surface area contributed by atoms with Crippen molar-refractivity contribution < 1.29 is 9.90 Å². The summed E-state index contributed by atoms with van der Waals surface area (Å²) >= 11 is 0. The summed E-state index contributed by atoms with van der Waals surface area (Å²) in [5.74, 6) is 0.109. The molecular formula is C29H33N3O2. The van der Waals surface area contributed by atoms with Gasteiger partial charge in [0.15, 0.2) is 0 Å². The number of nitrogens with zero attached hydrogens (tertiary/aromatic N) is 2. The number of carbonyl (C=O) groups is 1. The lowest BCUT2D eigenvalue weighted by Gasteiger charge is -2.40. The summed E-state index contributed by atoms with van der Waals surface area (Å²) in [5, 5.41) is 13.1. The molecule has 176 valence electrons. The third-order valence-corrected chi connectivity index (χ3v) is 8.47. The summed E-state index contributed by atoms with van der Waals surface area (Å²) in [5.41, 5.74) is 9.92. The van der Waals surface area contributed by atoms with Crippen molar-refractivity contribution in [2.45, 2.75) is 56.2 Å². The lowest BCUT2D eigenvalue weighted by Crippen LogP contribution is -2.50. The highest BCUT2D eigenvalue weighted by molar-refractivity contribution is 6.08. The van der Waals surface area contributed by atoms with E-state index >= 15 is 0 Å². The number of anilines is 1. The van der Waals surface area contributed by atoms with Crippen LogP contribution in [0.3, 0.4) is 0 Å². The highest BCUT2D eigenvalue weighted by Crippen LogP contribution is 2.47. The summed E-state index contributed by atoms with van der Waals surface area (Å²) in [6.07, 6.45) is 2.66. The zero-order valence-electron chi connectivity index (χ0n) is 19.8. The number of hydrogen-bond donors (Lipinski definition) is 2. The number of piperidine rings is 1. The Kier molecular flexibility index (Phi) is 5.25. The molecule has 0 aromatic heterocycles. The second-order valence-electron chi connectivity index (χ2n) is 10.5. The zero-order chi connectivity index (χ0) is 23.4. The number of likely N-dealkylation sites (tertiary alicyclic amines) is 1. The fraction of sp³-hybridized carbons (Fsp3) is 0.414. The summed E-state index contributed by atoms with van der Waals surface area (Å²) < 4.78 is 0. The van der Waals surface area contributed by atoms with E-state index in [9.17, 15) is 9.90 Å². The van der Waals surface area contributed by atoms with Gasteiger partial charge in [-0.2, -0.15) is 0 Å². The molecule has 3 aromatic rings. The van der Waals surface area contributed by atoms with Crippen molar-refractivity contribution in [3.63, 3.8) is 0 Å². The van der Waals surface area contributed by atoms with Crippen LogP contribution in [0.4, 0.5) is 5.69 Å². The van der Waals surface area contributed by atoms with Gasteiger partial charge in [-0.05, 0) is 66.1 Å². The van der Waals surface area contributed by atoms with Crippen LogP contribution in [-0.2, 0) is 16.6 Å². The van der Waals surface area contributed by atoms with Crippen LogP contribution < -0.4 is 10.6 Å². The molecule has 3 N–H and O–H groups in total. The molecule has 34 heavy (non-hydrogen) atoms. The monoisotopic (exact) mass is 455 g/mol. The SMILES string of the molecule is C[C@]1(C[C@H](O)CN)C(=O)N(C2CCN([C@@H]3Cc4cccc5cccc3c45)CC2)c2ccccc21. The molecule has 5 heteroatoms. The van der Waals surface area contributed by atoms with Crippen LogP contribution in [0.5, 0.6) is 0 Å². The maximum absolute atomic E-state index is 13.8. The maximum Gasteiger partial charge on any atom is 0.237 e. The Labute approximate surface area is 201 Å². The zero-order valence-corrected chi connectivity index (χ0v) is 19.8. The summed E-state index contributed by atoms with van der Waals surface area (Å²) in [7, 11) is 0. The Morgan fingerprint density at radius 2 is 1.79 bits per heavy atom. The van der Waals surface area contributed by atoms with Crippen molar-refractivity contribution in [1.29, 1.82) is 0 Å². The lowest BCUT2D eigenvalue weighted by molar-refractivity contribution is -0.124. The molecule has 5 nitrogen and oxygen atoms in total. The van der Waals surface area contributed by atoms with E-state index in [1.54, 1.807) is 0 Å². The second kappa shape index (κ2) is 8.19. The highest BCUT2D eigenvalue weighted by atomic mass is 16.3. The number of benzene rings is 3. The standard InChI is InChI=1S/C29H33N3O2/c1-29(17-22(33)18-30)24-10-2-3-11-25(24)32(28(29)34)21-12-14-31(15-13-21)26-16-20-8-4-6-19-7-5-9-23(26)27(19)20/h2-11,21-22,26,33H,12-18,30H2,1H3/t22-,26+,29+/m0/s1. The van der Waals surface area contributed by atoms with Crippen LogP contribution in [0.2, 0.25) is 0 Å². The first-order chi connectivity index (χ1) is 16.5. The Bertz CT molecular complexity index is 1240. The number of amides is 1. The van der Waals surface area contributed by atoms with Crippen molar-refractivity contribution in [2.24, 2.45) is 5.73 Å². The van der Waals surface area contributed by atoms with Crippen LogP contribution in [0, 0.1) is 0 Å². The van der Waals surface area contributed by atoms with E-state index in [1.807, 2.05) is 30.0 Å². The summed E-state index contributed by atoms with van der Waals surface area (Å²) in [6.45, 7) is 4.10. The van der Waals surface area contributed by atoms with E-state index in [-0.39, 0.29) is 18.5 Å². The Hall–Kier alpha value is -2.73. The summed E-state index contributed by atoms with van der Waals surface area (Å²) in [4.78, 5) is 18.5. The molecule has 0 saturated carbocycles. The van der Waals surface area contributed by atoms with Gasteiger partial charge in [0.2, 0.25) is 5.91 Å². The van der Waals surface area contributed by atoms with Gasteiger partial charge in [-0.25, -0.2) is 0 Å². The second-order valence-corrected chi connectivity index (χ2v) is 10.5. The Balaban J connectivity index is 1.23. The average Bonchev–Trinajstić information content (AvgIpc) is 3.34. The predicted molar refractivity (Wildman–Crippen MR) is 136 cm³/mol. The number of carbonyl (C=O) groups excluding carboxylic acids is 1. The van der Waals surface area contributed by atoms with Crippen molar-refractivity contribution in [1.82, 2.24) is 4.90 Å². The van der Waals surface area contributed by atoms with Gasteiger partial charge in [0.25, 0.3) is 0 Å². The van der Waals surface area contributed by atoms with E-state index in [4.69, 9.17) is 5.73 Å². The quantitative estimate of drug-likeness (QED) is 0.612. The fourth-order valence-corrected chi connectivity index (χ4v) is 6.75. The van der Waals surface area contributed by atoms with Crippen LogP contribution in [0.15, 0.2) is 60.7 Å². The largest absolute Gasteiger partial charge is 0.392 e. The number of para-hydroxylation sites is 1. The lowest BCUT2D eigenvalue weighted by atomic mass is 9.79. The van der Waals surface area contributed by atoms with Crippen molar-refractivity contribution in [3.05, 3.63) is 77.4 Å². The number of hydrogen-bond acceptors (Lipinski definition) is 4. The molecule has 0 unspecified atom stereocenters. The molecular weight excluding hydrogens is 422 g/mol. The number of aliphatic hydroxyl groups excluding tert-OH is 1. The van der Waals surface area contributed by atoms with Gasteiger partial charge in [-0.1, -0.05) is 54.6 Å². The van der Waals surface area contributed by atoms with Crippen LogP contribution in [0.1, 0.15) is 48.9 Å². The molecule has 2 heterocycles. The number of aliphatic hydroxyl groups is 1. The van der Waals surface area contributed by atoms with E-state index in [2.05, 4.69) is 47.4 Å². The first-order valence-corrected chi connectivity index (χ1v) is 12.6. The van der Waals surface area contributed by atoms with Gasteiger partial charge < -0.3 is 15.7 Å². The minimum absolute atomic E-state index is 0.109. The number of nitrogens with two attached hydrogens (primary N) is 1. The molecule has 3 aliphatic rings. The topological polar surface area (TPSA) is 69.8 Å². The minimum atomic E-state index is -0.727. The molecule has 2 aliphatic heterocycles. The molecule has 0 radical (unpaired) electrons. The van der Waals surface area contributed by atoms with E-state index in [1.165, 1.54) is 21.9 Å². The van der Waals surface area contributed by atoms with Crippen LogP contribution in [0.25, 0.3) is 10.8 Å². The number of rotatable bonds is 5.